The monoisotopic (exact) mass is 238 g/mol. The van der Waals surface area contributed by atoms with Crippen molar-refractivity contribution in [2.75, 3.05) is 6.61 Å². The Morgan fingerprint density at radius 3 is 1.82 bits per heavy atom. The van der Waals surface area contributed by atoms with Crippen molar-refractivity contribution in [1.82, 2.24) is 0 Å². The van der Waals surface area contributed by atoms with E-state index in [4.69, 9.17) is 5.11 Å². The zero-order valence-electron chi connectivity index (χ0n) is 11.5. The molecule has 1 nitrogen and oxygen atoms in total. The van der Waals surface area contributed by atoms with E-state index in [1.165, 1.54) is 57.8 Å². The van der Waals surface area contributed by atoms with E-state index < -0.39 is 0 Å². The number of hydrogen-bond acceptors (Lipinski definition) is 1. The number of unbranched alkanes of at least 4 members (excludes halogenated alkanes) is 8. The molecule has 1 heteroatoms. The van der Waals surface area contributed by atoms with Crippen LogP contribution in [-0.4, -0.2) is 11.7 Å². The molecule has 0 spiro atoms. The number of aliphatic hydroxyl groups is 1. The first-order valence-corrected chi connectivity index (χ1v) is 7.34. The smallest absolute Gasteiger partial charge is 0.0465 e. The summed E-state index contributed by atoms with van der Waals surface area (Å²) in [7, 11) is 0. The molecule has 0 unspecified atom stereocenters. The third-order valence-corrected chi connectivity index (χ3v) is 2.90. The van der Waals surface area contributed by atoms with Gasteiger partial charge in [0.2, 0.25) is 0 Å². The van der Waals surface area contributed by atoms with Gasteiger partial charge in [0.25, 0.3) is 0 Å². The molecule has 0 aliphatic heterocycles. The van der Waals surface area contributed by atoms with E-state index in [0.717, 1.165) is 6.42 Å². The fraction of sp³-hybridized carbons (Fsp3) is 0.750. The van der Waals surface area contributed by atoms with Crippen LogP contribution >= 0.6 is 0 Å². The molecule has 0 aliphatic rings. The van der Waals surface area contributed by atoms with Crippen molar-refractivity contribution in [1.29, 1.82) is 0 Å². The molecule has 0 heterocycles. The first-order chi connectivity index (χ1) is 8.41. The molecule has 0 atom stereocenters. The van der Waals surface area contributed by atoms with Crippen LogP contribution in [-0.2, 0) is 0 Å². The third-order valence-electron chi connectivity index (χ3n) is 2.90. The van der Waals surface area contributed by atoms with Gasteiger partial charge in [-0.2, -0.15) is 0 Å². The zero-order chi connectivity index (χ0) is 12.6. The van der Waals surface area contributed by atoms with E-state index in [9.17, 15) is 0 Å². The Kier molecular flexibility index (Phi) is 14.9. The van der Waals surface area contributed by atoms with Crippen LogP contribution < -0.4 is 0 Å². The Morgan fingerprint density at radius 2 is 1.24 bits per heavy atom. The van der Waals surface area contributed by atoms with Crippen LogP contribution in [0.3, 0.4) is 0 Å². The molecule has 0 amide bonds. The minimum Gasteiger partial charge on any atom is -0.396 e. The highest BCUT2D eigenvalue weighted by Crippen LogP contribution is 2.09. The maximum atomic E-state index is 8.57. The second-order valence-corrected chi connectivity index (χ2v) is 4.63. The van der Waals surface area contributed by atoms with Crippen LogP contribution in [0.5, 0.6) is 0 Å². The molecule has 0 aliphatic carbocycles. The molecule has 1 N–H and O–H groups in total. The molecule has 0 aromatic heterocycles. The van der Waals surface area contributed by atoms with Crippen molar-refractivity contribution >= 4 is 0 Å². The average Bonchev–Trinajstić information content (AvgIpc) is 2.35. The molecular weight excluding hydrogens is 208 g/mol. The summed E-state index contributed by atoms with van der Waals surface area (Å²) in [6.07, 6.45) is 21.4. The van der Waals surface area contributed by atoms with E-state index in [1.54, 1.807) is 0 Å². The van der Waals surface area contributed by atoms with Crippen molar-refractivity contribution in [3.05, 3.63) is 24.3 Å². The first-order valence-electron chi connectivity index (χ1n) is 7.34. The largest absolute Gasteiger partial charge is 0.396 e. The summed E-state index contributed by atoms with van der Waals surface area (Å²) in [5.41, 5.74) is 0. The Balaban J connectivity index is 3.07. The SMILES string of the molecule is CCCCCCCCCCC=CC=CCCO. The van der Waals surface area contributed by atoms with E-state index in [-0.39, 0.29) is 6.61 Å². The minimum absolute atomic E-state index is 0.252. The standard InChI is InChI=1S/C16H30O/c1-2-3-4-5-6-7-8-9-10-11-12-13-14-15-16-17/h11-14,17H,2-10,15-16H2,1H3. The van der Waals surface area contributed by atoms with E-state index in [1.807, 2.05) is 12.2 Å². The van der Waals surface area contributed by atoms with E-state index in [2.05, 4.69) is 19.1 Å². The number of rotatable bonds is 12. The highest BCUT2D eigenvalue weighted by atomic mass is 16.2. The molecule has 0 fully saturated rings. The highest BCUT2D eigenvalue weighted by Gasteiger charge is 1.89. The molecule has 0 saturated carbocycles. The van der Waals surface area contributed by atoms with E-state index in [0.29, 0.717) is 0 Å². The predicted octanol–water partition coefficient (Wildman–Crippen LogP) is 5.01. The van der Waals surface area contributed by atoms with Crippen LogP contribution in [0.4, 0.5) is 0 Å². The zero-order valence-corrected chi connectivity index (χ0v) is 11.5. The number of hydrogen-bond donors (Lipinski definition) is 1. The van der Waals surface area contributed by atoms with Gasteiger partial charge in [0.15, 0.2) is 0 Å². The molecule has 17 heavy (non-hydrogen) atoms. The summed E-state index contributed by atoms with van der Waals surface area (Å²) in [6, 6.07) is 0. The van der Waals surface area contributed by atoms with Crippen LogP contribution in [0.25, 0.3) is 0 Å². The predicted molar refractivity (Wildman–Crippen MR) is 77.2 cm³/mol. The van der Waals surface area contributed by atoms with Crippen LogP contribution in [0.1, 0.15) is 71.1 Å². The molecule has 0 aromatic carbocycles. The summed E-state index contributed by atoms with van der Waals surface area (Å²) >= 11 is 0. The summed E-state index contributed by atoms with van der Waals surface area (Å²) < 4.78 is 0. The molecule has 0 saturated heterocycles. The van der Waals surface area contributed by atoms with Gasteiger partial charge in [-0.05, 0) is 19.3 Å². The van der Waals surface area contributed by atoms with Crippen LogP contribution in [0.2, 0.25) is 0 Å². The summed E-state index contributed by atoms with van der Waals surface area (Å²) in [6.45, 7) is 2.52. The van der Waals surface area contributed by atoms with Crippen LogP contribution in [0.15, 0.2) is 24.3 Å². The first kappa shape index (κ1) is 16.4. The molecule has 100 valence electrons. The molecule has 0 bridgehead atoms. The van der Waals surface area contributed by atoms with Crippen molar-refractivity contribution in [3.8, 4) is 0 Å². The summed E-state index contributed by atoms with van der Waals surface area (Å²) in [5, 5.41) is 8.57. The van der Waals surface area contributed by atoms with Gasteiger partial charge in [-0.15, -0.1) is 0 Å². The molecule has 0 radical (unpaired) electrons. The van der Waals surface area contributed by atoms with Crippen LogP contribution in [0, 0.1) is 0 Å². The minimum atomic E-state index is 0.252. The lowest BCUT2D eigenvalue weighted by molar-refractivity contribution is 0.302. The fourth-order valence-corrected chi connectivity index (χ4v) is 1.82. The lowest BCUT2D eigenvalue weighted by Gasteiger charge is -1.99. The van der Waals surface area contributed by atoms with Gasteiger partial charge in [-0.25, -0.2) is 0 Å². The lowest BCUT2D eigenvalue weighted by atomic mass is 10.1. The third kappa shape index (κ3) is 15.4. The molecule has 0 aromatic rings. The molecular formula is C16H30O. The fourth-order valence-electron chi connectivity index (χ4n) is 1.82. The summed E-state index contributed by atoms with van der Waals surface area (Å²) in [4.78, 5) is 0. The van der Waals surface area contributed by atoms with Gasteiger partial charge in [0, 0.05) is 6.61 Å². The normalized spacial score (nSPS) is 11.9. The number of allylic oxidation sites excluding steroid dienone is 3. The Hall–Kier alpha value is -0.560. The van der Waals surface area contributed by atoms with Gasteiger partial charge in [-0.1, -0.05) is 76.2 Å². The van der Waals surface area contributed by atoms with E-state index >= 15 is 0 Å². The topological polar surface area (TPSA) is 20.2 Å². The van der Waals surface area contributed by atoms with Gasteiger partial charge >= 0.3 is 0 Å². The average molecular weight is 238 g/mol. The summed E-state index contributed by atoms with van der Waals surface area (Å²) in [5.74, 6) is 0. The quantitative estimate of drug-likeness (QED) is 0.374. The molecule has 0 rings (SSSR count). The van der Waals surface area contributed by atoms with Gasteiger partial charge in [0.1, 0.15) is 0 Å². The highest BCUT2D eigenvalue weighted by molar-refractivity contribution is 5.02. The Bertz CT molecular complexity index is 182. The second-order valence-electron chi connectivity index (χ2n) is 4.63. The second kappa shape index (κ2) is 15.4. The number of aliphatic hydroxyl groups excluding tert-OH is 1. The van der Waals surface area contributed by atoms with Crippen molar-refractivity contribution in [2.45, 2.75) is 71.1 Å². The maximum Gasteiger partial charge on any atom is 0.0465 e. The van der Waals surface area contributed by atoms with Gasteiger partial charge < -0.3 is 5.11 Å². The Morgan fingerprint density at radius 1 is 0.706 bits per heavy atom. The van der Waals surface area contributed by atoms with Gasteiger partial charge in [0.05, 0.1) is 0 Å². The maximum absolute atomic E-state index is 8.57. The lowest BCUT2D eigenvalue weighted by Crippen LogP contribution is -1.79. The van der Waals surface area contributed by atoms with Crippen molar-refractivity contribution in [2.24, 2.45) is 0 Å². The van der Waals surface area contributed by atoms with Gasteiger partial charge in [-0.3, -0.25) is 0 Å². The Labute approximate surface area is 108 Å². The van der Waals surface area contributed by atoms with Crippen molar-refractivity contribution in [3.63, 3.8) is 0 Å². The van der Waals surface area contributed by atoms with Crippen molar-refractivity contribution < 1.29 is 5.11 Å².